The fourth-order valence-corrected chi connectivity index (χ4v) is 5.89. The van der Waals surface area contributed by atoms with Gasteiger partial charge >= 0.3 is 6.85 Å². The van der Waals surface area contributed by atoms with Crippen LogP contribution in [-0.4, -0.2) is 16.5 Å². The van der Waals surface area contributed by atoms with Crippen molar-refractivity contribution in [1.29, 1.82) is 0 Å². The number of hydrogen-bond acceptors (Lipinski definition) is 2. The van der Waals surface area contributed by atoms with Crippen molar-refractivity contribution >= 4 is 55.8 Å². The molecule has 5 aromatic carbocycles. The number of aromatic nitrogens is 2. The van der Waals surface area contributed by atoms with Gasteiger partial charge in [-0.3, -0.25) is 4.68 Å². The second-order valence-electron chi connectivity index (χ2n) is 8.44. The lowest BCUT2D eigenvalue weighted by molar-refractivity contribution is 0.860. The maximum absolute atomic E-state index is 4.73. The zero-order valence-electron chi connectivity index (χ0n) is 16.7. The third-order valence-corrected chi connectivity index (χ3v) is 7.03. The summed E-state index contributed by atoms with van der Waals surface area (Å²) >= 11 is 0. The van der Waals surface area contributed by atoms with Crippen LogP contribution in [0.4, 0.5) is 5.69 Å². The topological polar surface area (TPSA) is 21.1 Å². The van der Waals surface area contributed by atoms with Crippen LogP contribution in [0.2, 0.25) is 0 Å². The Balaban J connectivity index is 1.66. The highest BCUT2D eigenvalue weighted by Gasteiger charge is 2.42. The molecule has 8 rings (SSSR count). The Morgan fingerprint density at radius 2 is 1.29 bits per heavy atom. The smallest absolute Gasteiger partial charge is 0.312 e. The van der Waals surface area contributed by atoms with E-state index in [9.17, 15) is 0 Å². The minimum Gasteiger partial charge on any atom is -0.312 e. The van der Waals surface area contributed by atoms with Crippen molar-refractivity contribution in [2.75, 3.05) is 4.92 Å². The number of fused-ring (bicyclic) bond motifs is 11. The molecule has 2 aliphatic rings. The second-order valence-corrected chi connectivity index (χ2v) is 8.44. The van der Waals surface area contributed by atoms with Gasteiger partial charge in [-0.25, -0.2) is 4.98 Å². The van der Waals surface area contributed by atoms with Gasteiger partial charge in [0.2, 0.25) is 0 Å². The van der Waals surface area contributed by atoms with Gasteiger partial charge in [0.25, 0.3) is 0 Å². The van der Waals surface area contributed by atoms with E-state index in [2.05, 4.69) is 101 Å². The molecule has 142 valence electrons. The molecule has 4 heteroatoms. The molecule has 1 aromatic heterocycles. The number of benzene rings is 5. The Bertz CT molecular complexity index is 1720. The second kappa shape index (κ2) is 5.35. The van der Waals surface area contributed by atoms with E-state index in [1.54, 1.807) is 0 Å². The summed E-state index contributed by atoms with van der Waals surface area (Å²) in [5.74, 6) is 1.00. The molecule has 0 spiro atoms. The Labute approximate surface area is 179 Å². The van der Waals surface area contributed by atoms with Crippen molar-refractivity contribution in [3.8, 4) is 11.4 Å². The highest BCUT2D eigenvalue weighted by Crippen LogP contribution is 2.43. The monoisotopic (exact) mass is 393 g/mol. The maximum atomic E-state index is 4.73. The number of anilines is 1. The molecule has 0 radical (unpaired) electrons. The first-order valence-electron chi connectivity index (χ1n) is 10.7. The summed E-state index contributed by atoms with van der Waals surface area (Å²) in [6.07, 6.45) is 3.99. The number of rotatable bonds is 0. The Hall–Kier alpha value is -4.05. The maximum Gasteiger partial charge on any atom is 0.348 e. The van der Waals surface area contributed by atoms with Gasteiger partial charge in [-0.1, -0.05) is 78.9 Å². The van der Waals surface area contributed by atoms with Crippen LogP contribution in [0.15, 0.2) is 97.3 Å². The summed E-state index contributed by atoms with van der Waals surface area (Å²) in [5, 5.41) is 8.00. The third-order valence-electron chi connectivity index (χ3n) is 7.03. The molecule has 0 saturated carbocycles. The van der Waals surface area contributed by atoms with E-state index in [4.69, 9.17) is 4.98 Å². The highest BCUT2D eigenvalue weighted by atomic mass is 15.5. The average Bonchev–Trinajstić information content (AvgIpc) is 3.33. The molecular weight excluding hydrogens is 377 g/mol. The molecular formula is C27H16BN3. The first kappa shape index (κ1) is 15.7. The lowest BCUT2D eigenvalue weighted by atomic mass is 9.46. The SMILES string of the molecule is c1ccc2c(c1)B1c3cccc4c5ccccc5c5cccc(c5c34)N1n1ccnc1-2. The molecule has 6 aromatic rings. The molecule has 0 fully saturated rings. The molecule has 0 bridgehead atoms. The molecule has 0 N–H and O–H groups in total. The molecule has 0 aliphatic carbocycles. The zero-order chi connectivity index (χ0) is 20.1. The molecule has 31 heavy (non-hydrogen) atoms. The Morgan fingerprint density at radius 1 is 0.613 bits per heavy atom. The third kappa shape index (κ3) is 1.76. The Kier molecular flexibility index (Phi) is 2.72. The standard InChI is InChI=1S/C27H16BN3/c1-2-8-18-17(7-1)19-10-5-13-23-25(19)26-20(18)11-6-14-24(26)31-28(23)22-12-4-3-9-21(22)27-29-15-16-30(27)31/h1-16H. The van der Waals surface area contributed by atoms with Crippen LogP contribution in [0.3, 0.4) is 0 Å². The summed E-state index contributed by atoms with van der Waals surface area (Å²) in [6, 6.07) is 31.0. The summed E-state index contributed by atoms with van der Waals surface area (Å²) in [6.45, 7) is 0.112. The van der Waals surface area contributed by atoms with Crippen molar-refractivity contribution in [2.45, 2.75) is 0 Å². The fourth-order valence-electron chi connectivity index (χ4n) is 5.89. The lowest BCUT2D eigenvalue weighted by Gasteiger charge is -2.42. The quantitative estimate of drug-likeness (QED) is 0.275. The van der Waals surface area contributed by atoms with E-state index in [1.165, 1.54) is 54.5 Å². The van der Waals surface area contributed by atoms with Crippen LogP contribution < -0.4 is 15.8 Å². The molecule has 0 atom stereocenters. The average molecular weight is 393 g/mol. The fraction of sp³-hybridized carbons (Fsp3) is 0. The van der Waals surface area contributed by atoms with Gasteiger partial charge in [0.05, 0.1) is 5.69 Å². The normalized spacial score (nSPS) is 13.7. The largest absolute Gasteiger partial charge is 0.348 e. The molecule has 0 unspecified atom stereocenters. The minimum atomic E-state index is 0.112. The molecule has 2 aliphatic heterocycles. The summed E-state index contributed by atoms with van der Waals surface area (Å²) < 4.78 is 2.23. The number of nitrogens with zero attached hydrogens (tertiary/aromatic N) is 3. The van der Waals surface area contributed by atoms with Crippen molar-refractivity contribution in [3.63, 3.8) is 0 Å². The number of hydrogen-bond donors (Lipinski definition) is 0. The molecule has 0 amide bonds. The predicted octanol–water partition coefficient (Wildman–Crippen LogP) is 4.71. The van der Waals surface area contributed by atoms with Crippen LogP contribution in [0.25, 0.3) is 43.7 Å². The van der Waals surface area contributed by atoms with Gasteiger partial charge in [0.1, 0.15) is 0 Å². The molecule has 0 saturated heterocycles. The minimum absolute atomic E-state index is 0.112. The lowest BCUT2D eigenvalue weighted by Crippen LogP contribution is -2.63. The zero-order valence-corrected chi connectivity index (χ0v) is 16.7. The van der Waals surface area contributed by atoms with Crippen molar-refractivity contribution in [1.82, 2.24) is 9.66 Å². The van der Waals surface area contributed by atoms with Gasteiger partial charge < -0.3 is 4.92 Å². The van der Waals surface area contributed by atoms with Crippen LogP contribution in [0.5, 0.6) is 0 Å². The van der Waals surface area contributed by atoms with E-state index in [-0.39, 0.29) is 6.85 Å². The van der Waals surface area contributed by atoms with Gasteiger partial charge in [0, 0.05) is 23.3 Å². The Morgan fingerprint density at radius 3 is 2.16 bits per heavy atom. The first-order valence-corrected chi connectivity index (χ1v) is 10.7. The van der Waals surface area contributed by atoms with Gasteiger partial charge in [-0.15, -0.1) is 0 Å². The van der Waals surface area contributed by atoms with Crippen LogP contribution in [0, 0.1) is 0 Å². The van der Waals surface area contributed by atoms with Crippen LogP contribution in [0.1, 0.15) is 0 Å². The van der Waals surface area contributed by atoms with Gasteiger partial charge in [-0.05, 0) is 43.9 Å². The van der Waals surface area contributed by atoms with Crippen molar-refractivity contribution < 1.29 is 0 Å². The highest BCUT2D eigenvalue weighted by molar-refractivity contribution is 6.92. The van der Waals surface area contributed by atoms with E-state index in [0.717, 1.165) is 5.82 Å². The van der Waals surface area contributed by atoms with E-state index >= 15 is 0 Å². The summed E-state index contributed by atoms with van der Waals surface area (Å²) in [4.78, 5) is 7.16. The van der Waals surface area contributed by atoms with E-state index < -0.39 is 0 Å². The van der Waals surface area contributed by atoms with Crippen LogP contribution >= 0.6 is 0 Å². The van der Waals surface area contributed by atoms with Crippen molar-refractivity contribution in [3.05, 3.63) is 97.3 Å². The van der Waals surface area contributed by atoms with Crippen LogP contribution in [-0.2, 0) is 0 Å². The summed E-state index contributed by atoms with van der Waals surface area (Å²) in [5.41, 5.74) is 5.12. The first-order chi connectivity index (χ1) is 15.4. The van der Waals surface area contributed by atoms with Gasteiger partial charge in [0.15, 0.2) is 5.82 Å². The van der Waals surface area contributed by atoms with Gasteiger partial charge in [-0.2, -0.15) is 0 Å². The van der Waals surface area contributed by atoms with Crippen molar-refractivity contribution in [2.24, 2.45) is 0 Å². The molecule has 3 heterocycles. The number of imidazole rings is 1. The van der Waals surface area contributed by atoms with E-state index in [1.807, 2.05) is 6.20 Å². The predicted molar refractivity (Wildman–Crippen MR) is 130 cm³/mol. The summed E-state index contributed by atoms with van der Waals surface area (Å²) in [7, 11) is 0. The van der Waals surface area contributed by atoms with E-state index in [0.29, 0.717) is 0 Å². The molecule has 3 nitrogen and oxygen atoms in total.